The SMILES string of the molecule is O=C(COP(=O)(O)O)[C@@H](O)[C@H](O)C[C@H](O)COP(=O)(O)O. The molecule has 126 valence electrons. The molecule has 0 bridgehead atoms. The summed E-state index contributed by atoms with van der Waals surface area (Å²) in [7, 11) is -9.73. The molecule has 0 aliphatic carbocycles. The summed E-state index contributed by atoms with van der Waals surface area (Å²) in [6.45, 7) is -2.03. The van der Waals surface area contributed by atoms with Gasteiger partial charge in [-0.25, -0.2) is 9.13 Å². The van der Waals surface area contributed by atoms with Gasteiger partial charge in [-0.1, -0.05) is 0 Å². The van der Waals surface area contributed by atoms with Crippen LogP contribution in [0.25, 0.3) is 0 Å². The summed E-state index contributed by atoms with van der Waals surface area (Å²) in [6, 6.07) is 0. The van der Waals surface area contributed by atoms with Crippen molar-refractivity contribution in [2.75, 3.05) is 13.2 Å². The summed E-state index contributed by atoms with van der Waals surface area (Å²) in [6.07, 6.45) is -6.24. The van der Waals surface area contributed by atoms with E-state index < -0.39 is 59.4 Å². The predicted molar refractivity (Wildman–Crippen MR) is 63.6 cm³/mol. The normalized spacial score (nSPS) is 17.3. The number of carbonyl (C=O) groups excluding carboxylic acids is 1. The molecule has 0 aromatic heterocycles. The molecule has 0 rings (SSSR count). The fourth-order valence-corrected chi connectivity index (χ4v) is 1.77. The molecule has 7 N–H and O–H groups in total. The second-order valence-electron chi connectivity index (χ2n) is 3.92. The van der Waals surface area contributed by atoms with Gasteiger partial charge >= 0.3 is 15.6 Å². The number of hydrogen-bond donors (Lipinski definition) is 7. The van der Waals surface area contributed by atoms with E-state index in [1.54, 1.807) is 0 Å². The third-order valence-corrected chi connectivity index (χ3v) is 2.97. The maximum atomic E-state index is 11.2. The van der Waals surface area contributed by atoms with Gasteiger partial charge in [0.2, 0.25) is 0 Å². The predicted octanol–water partition coefficient (Wildman–Crippen LogP) is -2.75. The van der Waals surface area contributed by atoms with Crippen LogP contribution in [-0.4, -0.2) is 72.2 Å². The molecule has 0 aromatic rings. The van der Waals surface area contributed by atoms with Crippen molar-refractivity contribution >= 4 is 21.4 Å². The Morgan fingerprint density at radius 2 is 1.43 bits per heavy atom. The number of aliphatic hydroxyl groups excluding tert-OH is 3. The Labute approximate surface area is 118 Å². The Morgan fingerprint density at radius 1 is 0.952 bits per heavy atom. The number of ketones is 1. The maximum absolute atomic E-state index is 11.2. The second kappa shape index (κ2) is 8.42. The quantitative estimate of drug-likeness (QED) is 0.199. The molecule has 0 spiro atoms. The zero-order valence-electron chi connectivity index (χ0n) is 10.4. The zero-order valence-corrected chi connectivity index (χ0v) is 12.2. The lowest BCUT2D eigenvalue weighted by Gasteiger charge is -2.20. The van der Waals surface area contributed by atoms with Crippen molar-refractivity contribution in [3.8, 4) is 0 Å². The first kappa shape index (κ1) is 20.8. The minimum absolute atomic E-state index is 0.678. The Kier molecular flexibility index (Phi) is 8.32. The van der Waals surface area contributed by atoms with E-state index in [2.05, 4.69) is 9.05 Å². The Hall–Kier alpha value is -0.230. The first-order chi connectivity index (χ1) is 9.32. The minimum Gasteiger partial charge on any atom is -0.391 e. The van der Waals surface area contributed by atoms with E-state index in [1.807, 2.05) is 0 Å². The highest BCUT2D eigenvalue weighted by atomic mass is 31.2. The van der Waals surface area contributed by atoms with Crippen LogP contribution < -0.4 is 0 Å². The molecule has 0 radical (unpaired) electrons. The van der Waals surface area contributed by atoms with Gasteiger partial charge in [-0.15, -0.1) is 0 Å². The van der Waals surface area contributed by atoms with Crippen LogP contribution in [-0.2, 0) is 23.0 Å². The number of carbonyl (C=O) groups is 1. The zero-order chi connectivity index (χ0) is 16.8. The van der Waals surface area contributed by atoms with E-state index in [0.29, 0.717) is 0 Å². The van der Waals surface area contributed by atoms with Crippen LogP contribution in [0, 0.1) is 0 Å². The number of rotatable bonds is 10. The van der Waals surface area contributed by atoms with Gasteiger partial charge in [0.1, 0.15) is 12.7 Å². The van der Waals surface area contributed by atoms with E-state index >= 15 is 0 Å². The maximum Gasteiger partial charge on any atom is 0.470 e. The summed E-state index contributed by atoms with van der Waals surface area (Å²) < 4.78 is 28.4. The Bertz CT molecular complexity index is 425. The Balaban J connectivity index is 4.25. The summed E-state index contributed by atoms with van der Waals surface area (Å²) >= 11 is 0. The third kappa shape index (κ3) is 11.0. The van der Waals surface area contributed by atoms with Crippen molar-refractivity contribution < 1.29 is 57.9 Å². The third-order valence-electron chi connectivity index (χ3n) is 2.02. The van der Waals surface area contributed by atoms with Crippen LogP contribution in [0.1, 0.15) is 6.42 Å². The van der Waals surface area contributed by atoms with Crippen molar-refractivity contribution in [3.05, 3.63) is 0 Å². The molecule has 0 heterocycles. The number of hydrogen-bond acceptors (Lipinski definition) is 8. The van der Waals surface area contributed by atoms with Crippen molar-refractivity contribution in [1.29, 1.82) is 0 Å². The molecule has 0 amide bonds. The van der Waals surface area contributed by atoms with E-state index in [1.165, 1.54) is 0 Å². The van der Waals surface area contributed by atoms with Crippen molar-refractivity contribution in [3.63, 3.8) is 0 Å². The smallest absolute Gasteiger partial charge is 0.391 e. The number of phosphoric ester groups is 2. The van der Waals surface area contributed by atoms with E-state index in [4.69, 9.17) is 19.6 Å². The van der Waals surface area contributed by atoms with Gasteiger partial charge in [0.05, 0.1) is 18.8 Å². The number of Topliss-reactive ketones (excluding diaryl/α,β-unsaturated/α-hetero) is 1. The second-order valence-corrected chi connectivity index (χ2v) is 6.40. The van der Waals surface area contributed by atoms with Crippen LogP contribution in [0.5, 0.6) is 0 Å². The molecule has 0 fully saturated rings. The van der Waals surface area contributed by atoms with Crippen LogP contribution >= 0.6 is 15.6 Å². The Morgan fingerprint density at radius 3 is 1.86 bits per heavy atom. The monoisotopic (exact) mass is 354 g/mol. The molecule has 0 aromatic carbocycles. The molecule has 21 heavy (non-hydrogen) atoms. The van der Waals surface area contributed by atoms with Gasteiger partial charge in [-0.3, -0.25) is 13.8 Å². The van der Waals surface area contributed by atoms with Gasteiger partial charge in [-0.2, -0.15) is 0 Å². The van der Waals surface area contributed by atoms with E-state index in [-0.39, 0.29) is 0 Å². The summed E-state index contributed by atoms with van der Waals surface area (Å²) in [5, 5.41) is 28.0. The summed E-state index contributed by atoms with van der Waals surface area (Å²) in [5.41, 5.74) is 0. The highest BCUT2D eigenvalue weighted by molar-refractivity contribution is 7.46. The van der Waals surface area contributed by atoms with Crippen molar-refractivity contribution in [1.82, 2.24) is 0 Å². The topological polar surface area (TPSA) is 211 Å². The minimum atomic E-state index is -4.92. The van der Waals surface area contributed by atoms with Crippen LogP contribution in [0.4, 0.5) is 0 Å². The first-order valence-corrected chi connectivity index (χ1v) is 8.35. The van der Waals surface area contributed by atoms with E-state index in [0.717, 1.165) is 0 Å². The molecule has 3 atom stereocenters. The first-order valence-electron chi connectivity index (χ1n) is 5.29. The standard InChI is InChI=1S/C7H16O12P2/c8-4(2-18-20(12,13)14)1-5(9)7(11)6(10)3-19-21(15,16)17/h4-5,7-9,11H,1-3H2,(H2,12,13,14)(H2,15,16,17)/t4-,5+,7-/m0/s1. The largest absolute Gasteiger partial charge is 0.470 e. The van der Waals surface area contributed by atoms with Crippen molar-refractivity contribution in [2.24, 2.45) is 0 Å². The van der Waals surface area contributed by atoms with Gasteiger partial charge in [0.25, 0.3) is 0 Å². The summed E-state index contributed by atoms with van der Waals surface area (Å²) in [4.78, 5) is 44.6. The molecule has 0 aliphatic rings. The molecule has 0 aliphatic heterocycles. The van der Waals surface area contributed by atoms with Gasteiger partial charge in [-0.05, 0) is 0 Å². The van der Waals surface area contributed by atoms with Crippen LogP contribution in [0.3, 0.4) is 0 Å². The highest BCUT2D eigenvalue weighted by Gasteiger charge is 2.29. The van der Waals surface area contributed by atoms with Gasteiger partial charge in [0.15, 0.2) is 5.78 Å². The fourth-order valence-electron chi connectivity index (χ4n) is 1.11. The lowest BCUT2D eigenvalue weighted by Crippen LogP contribution is -2.39. The van der Waals surface area contributed by atoms with Crippen LogP contribution in [0.15, 0.2) is 0 Å². The molecule has 0 unspecified atom stereocenters. The molecular weight excluding hydrogens is 338 g/mol. The van der Waals surface area contributed by atoms with Gasteiger partial charge < -0.3 is 34.9 Å². The van der Waals surface area contributed by atoms with E-state index in [9.17, 15) is 29.2 Å². The molecular formula is C7H16O12P2. The molecule has 12 nitrogen and oxygen atoms in total. The van der Waals surface area contributed by atoms with Crippen molar-refractivity contribution in [2.45, 2.75) is 24.7 Å². The molecule has 0 saturated heterocycles. The molecule has 14 heteroatoms. The van der Waals surface area contributed by atoms with Crippen LogP contribution in [0.2, 0.25) is 0 Å². The average Bonchev–Trinajstić information content (AvgIpc) is 2.30. The highest BCUT2D eigenvalue weighted by Crippen LogP contribution is 2.36. The van der Waals surface area contributed by atoms with Gasteiger partial charge in [0, 0.05) is 6.42 Å². The lowest BCUT2D eigenvalue weighted by atomic mass is 10.0. The summed E-state index contributed by atoms with van der Waals surface area (Å²) in [5.74, 6) is -1.26. The lowest BCUT2D eigenvalue weighted by molar-refractivity contribution is -0.136. The average molecular weight is 354 g/mol. The molecule has 0 saturated carbocycles. The number of phosphoric acid groups is 2. The fraction of sp³-hybridized carbons (Fsp3) is 0.857. The number of aliphatic hydroxyl groups is 3.